The lowest BCUT2D eigenvalue weighted by molar-refractivity contribution is -0.482. The van der Waals surface area contributed by atoms with Gasteiger partial charge < -0.3 is 10.5 Å². The number of nitro groups is 1. The van der Waals surface area contributed by atoms with Crippen molar-refractivity contribution in [3.8, 4) is 11.8 Å². The Kier molecular flexibility index (Phi) is 3.51. The van der Waals surface area contributed by atoms with E-state index in [1.807, 2.05) is 6.07 Å². The second-order valence-corrected chi connectivity index (χ2v) is 4.70. The number of nitrogens with zero attached hydrogens (tertiary/aromatic N) is 2. The van der Waals surface area contributed by atoms with Crippen molar-refractivity contribution >= 4 is 23.2 Å². The summed E-state index contributed by atoms with van der Waals surface area (Å²) in [6.07, 6.45) is 0. The minimum atomic E-state index is -0.839. The number of hydrogen-bond donors (Lipinski definition) is 1. The third-order valence-electron chi connectivity index (χ3n) is 2.69. The minimum absolute atomic E-state index is 0.00609. The summed E-state index contributed by atoms with van der Waals surface area (Å²) in [5.41, 5.74) is 5.95. The Morgan fingerprint density at radius 1 is 1.53 bits per heavy atom. The largest absolute Gasteiger partial charge is 0.440 e. The van der Waals surface area contributed by atoms with Gasteiger partial charge in [0.25, 0.3) is 0 Å². The second kappa shape index (κ2) is 4.96. The van der Waals surface area contributed by atoms with E-state index in [0.29, 0.717) is 10.6 Å². The molecule has 98 valence electrons. The molecule has 1 aromatic carbocycles. The zero-order chi connectivity index (χ0) is 14.2. The summed E-state index contributed by atoms with van der Waals surface area (Å²) in [4.78, 5) is 10.2. The van der Waals surface area contributed by atoms with Crippen LogP contribution in [-0.4, -0.2) is 11.5 Å². The number of hydrogen-bond acceptors (Lipinski definition) is 5. The predicted molar refractivity (Wildman–Crippen MR) is 68.5 cm³/mol. The van der Waals surface area contributed by atoms with Crippen LogP contribution in [0.2, 0.25) is 10.0 Å². The van der Waals surface area contributed by atoms with E-state index in [0.717, 1.165) is 0 Å². The van der Waals surface area contributed by atoms with Gasteiger partial charge in [-0.2, -0.15) is 5.26 Å². The number of nitriles is 1. The van der Waals surface area contributed by atoms with Gasteiger partial charge in [0.2, 0.25) is 12.4 Å². The average molecular weight is 300 g/mol. The molecule has 0 aliphatic carbocycles. The molecule has 1 aliphatic rings. The Morgan fingerprint density at radius 2 is 2.21 bits per heavy atom. The molecule has 1 atom stereocenters. The molecule has 1 unspecified atom stereocenters. The summed E-state index contributed by atoms with van der Waals surface area (Å²) in [5.74, 6) is -0.769. The van der Waals surface area contributed by atoms with Crippen molar-refractivity contribution in [2.45, 2.75) is 5.92 Å². The second-order valence-electron chi connectivity index (χ2n) is 3.86. The molecule has 0 bridgehead atoms. The highest BCUT2D eigenvalue weighted by molar-refractivity contribution is 6.35. The number of rotatable bonds is 2. The third-order valence-corrected chi connectivity index (χ3v) is 3.22. The fourth-order valence-electron chi connectivity index (χ4n) is 1.94. The molecule has 8 heteroatoms. The highest BCUT2D eigenvalue weighted by Gasteiger charge is 2.35. The van der Waals surface area contributed by atoms with Gasteiger partial charge in [-0.15, -0.1) is 0 Å². The van der Waals surface area contributed by atoms with Crippen LogP contribution < -0.4 is 10.5 Å². The lowest BCUT2D eigenvalue weighted by Crippen LogP contribution is -2.25. The highest BCUT2D eigenvalue weighted by atomic mass is 35.5. The first-order chi connectivity index (χ1) is 8.93. The summed E-state index contributed by atoms with van der Waals surface area (Å²) in [7, 11) is 0. The van der Waals surface area contributed by atoms with E-state index >= 15 is 0 Å². The molecular formula is C11H7Cl2N3O3. The first-order valence-electron chi connectivity index (χ1n) is 5.12. The molecule has 6 nitrogen and oxygen atoms in total. The smallest absolute Gasteiger partial charge is 0.215 e. The van der Waals surface area contributed by atoms with Crippen molar-refractivity contribution < 1.29 is 9.66 Å². The average Bonchev–Trinajstić information content (AvgIpc) is 2.26. The number of benzene rings is 1. The number of ether oxygens (including phenoxy) is 1. The monoisotopic (exact) mass is 299 g/mol. The molecule has 2 rings (SSSR count). The molecule has 0 saturated carbocycles. The van der Waals surface area contributed by atoms with Gasteiger partial charge in [0.1, 0.15) is 17.4 Å². The number of halogens is 2. The lowest BCUT2D eigenvalue weighted by atomic mass is 9.89. The van der Waals surface area contributed by atoms with E-state index in [1.54, 1.807) is 0 Å². The van der Waals surface area contributed by atoms with E-state index < -0.39 is 17.4 Å². The highest BCUT2D eigenvalue weighted by Crippen LogP contribution is 2.43. The molecule has 1 aromatic rings. The van der Waals surface area contributed by atoms with Crippen LogP contribution in [0.3, 0.4) is 0 Å². The van der Waals surface area contributed by atoms with Gasteiger partial charge in [-0.25, -0.2) is 0 Å². The van der Waals surface area contributed by atoms with Crippen LogP contribution in [0.1, 0.15) is 11.5 Å². The molecule has 19 heavy (non-hydrogen) atoms. The maximum atomic E-state index is 10.7. The van der Waals surface area contributed by atoms with E-state index in [1.165, 1.54) is 12.1 Å². The predicted octanol–water partition coefficient (Wildman–Crippen LogP) is 2.44. The summed E-state index contributed by atoms with van der Waals surface area (Å²) in [6.45, 7) is -0.499. The van der Waals surface area contributed by atoms with Gasteiger partial charge in [0.05, 0.1) is 5.92 Å². The van der Waals surface area contributed by atoms with Crippen LogP contribution >= 0.6 is 23.2 Å². The zero-order valence-electron chi connectivity index (χ0n) is 9.39. The SMILES string of the molecule is N#CC1=C(N)Oc2cc(Cl)cc(Cl)c2C1C[N+](=O)[O-]. The van der Waals surface area contributed by atoms with Crippen LogP contribution in [-0.2, 0) is 0 Å². The Labute approximate surface area is 118 Å². The summed E-state index contributed by atoms with van der Waals surface area (Å²) < 4.78 is 5.25. The quantitative estimate of drug-likeness (QED) is 0.667. The van der Waals surface area contributed by atoms with Gasteiger partial charge in [-0.3, -0.25) is 10.1 Å². The molecule has 2 N–H and O–H groups in total. The topological polar surface area (TPSA) is 102 Å². The van der Waals surface area contributed by atoms with Crippen molar-refractivity contribution in [3.05, 3.63) is 49.3 Å². The van der Waals surface area contributed by atoms with E-state index in [-0.39, 0.29) is 22.2 Å². The summed E-state index contributed by atoms with van der Waals surface area (Å²) in [6, 6.07) is 4.72. The van der Waals surface area contributed by atoms with E-state index in [2.05, 4.69) is 0 Å². The fraction of sp³-hybridized carbons (Fsp3) is 0.182. The van der Waals surface area contributed by atoms with Crippen LogP contribution in [0.15, 0.2) is 23.6 Å². The molecule has 0 amide bonds. The van der Waals surface area contributed by atoms with Crippen molar-refractivity contribution in [3.63, 3.8) is 0 Å². The molecule has 1 heterocycles. The molecule has 0 radical (unpaired) electrons. The van der Waals surface area contributed by atoms with Gasteiger partial charge in [-0.05, 0) is 12.1 Å². The van der Waals surface area contributed by atoms with Gasteiger partial charge in [-0.1, -0.05) is 23.2 Å². The van der Waals surface area contributed by atoms with Gasteiger partial charge in [0.15, 0.2) is 0 Å². The molecular weight excluding hydrogens is 293 g/mol. The molecule has 1 aliphatic heterocycles. The first-order valence-corrected chi connectivity index (χ1v) is 5.88. The Balaban J connectivity index is 2.63. The minimum Gasteiger partial charge on any atom is -0.440 e. The zero-order valence-corrected chi connectivity index (χ0v) is 10.9. The van der Waals surface area contributed by atoms with Gasteiger partial charge in [0, 0.05) is 20.5 Å². The Bertz CT molecular complexity index is 637. The molecule has 0 aromatic heterocycles. The maximum absolute atomic E-state index is 10.7. The van der Waals surface area contributed by atoms with Crippen molar-refractivity contribution in [1.29, 1.82) is 5.26 Å². The fourth-order valence-corrected chi connectivity index (χ4v) is 2.54. The number of fused-ring (bicyclic) bond motifs is 1. The number of nitrogens with two attached hydrogens (primary N) is 1. The maximum Gasteiger partial charge on any atom is 0.215 e. The first kappa shape index (κ1) is 13.5. The lowest BCUT2D eigenvalue weighted by Gasteiger charge is -2.24. The van der Waals surface area contributed by atoms with Crippen molar-refractivity contribution in [2.24, 2.45) is 5.73 Å². The Morgan fingerprint density at radius 3 is 2.79 bits per heavy atom. The standard InChI is InChI=1S/C11H7Cl2N3O3/c12-5-1-8(13)10-7(4-16(17)18)6(3-14)11(15)19-9(10)2-5/h1-2,7H,4,15H2. The molecule has 0 saturated heterocycles. The summed E-state index contributed by atoms with van der Waals surface area (Å²) in [5, 5.41) is 20.3. The van der Waals surface area contributed by atoms with Crippen LogP contribution in [0, 0.1) is 21.4 Å². The Hall–Kier alpha value is -1.97. The van der Waals surface area contributed by atoms with Crippen molar-refractivity contribution in [2.75, 3.05) is 6.54 Å². The van der Waals surface area contributed by atoms with Crippen LogP contribution in [0.25, 0.3) is 0 Å². The van der Waals surface area contributed by atoms with E-state index in [4.69, 9.17) is 38.9 Å². The van der Waals surface area contributed by atoms with Crippen molar-refractivity contribution in [1.82, 2.24) is 0 Å². The normalized spacial score (nSPS) is 17.4. The van der Waals surface area contributed by atoms with E-state index in [9.17, 15) is 10.1 Å². The third kappa shape index (κ3) is 2.43. The molecule has 0 spiro atoms. The van der Waals surface area contributed by atoms with Gasteiger partial charge >= 0.3 is 0 Å². The van der Waals surface area contributed by atoms with Crippen LogP contribution in [0.4, 0.5) is 0 Å². The van der Waals surface area contributed by atoms with Crippen LogP contribution in [0.5, 0.6) is 5.75 Å². The summed E-state index contributed by atoms with van der Waals surface area (Å²) >= 11 is 11.9. The molecule has 0 fully saturated rings.